The van der Waals surface area contributed by atoms with Gasteiger partial charge in [-0.05, 0) is 31.7 Å². The van der Waals surface area contributed by atoms with E-state index in [0.717, 1.165) is 0 Å². The molecule has 4 heteroatoms. The van der Waals surface area contributed by atoms with Crippen molar-refractivity contribution >= 4 is 17.2 Å². The fourth-order valence-electron chi connectivity index (χ4n) is 1.47. The largest absolute Gasteiger partial charge is 0.334 e. The molecule has 0 saturated heterocycles. The third kappa shape index (κ3) is 3.32. The molecule has 1 amide bonds. The molecule has 1 rings (SSSR count). The maximum atomic E-state index is 12.0. The van der Waals surface area contributed by atoms with Crippen LogP contribution in [0.25, 0.3) is 0 Å². The molecule has 1 atom stereocenters. The van der Waals surface area contributed by atoms with Crippen LogP contribution in [0.2, 0.25) is 0 Å². The molecule has 1 aromatic heterocycles. The molecule has 0 spiro atoms. The van der Waals surface area contributed by atoms with Crippen LogP contribution < -0.4 is 5.73 Å². The van der Waals surface area contributed by atoms with Crippen molar-refractivity contribution in [3.63, 3.8) is 0 Å². The highest BCUT2D eigenvalue weighted by atomic mass is 32.1. The maximum Gasteiger partial charge on any atom is 0.240 e. The van der Waals surface area contributed by atoms with Gasteiger partial charge in [-0.3, -0.25) is 4.79 Å². The summed E-state index contributed by atoms with van der Waals surface area (Å²) in [5, 5.41) is 2.03. The van der Waals surface area contributed by atoms with E-state index >= 15 is 0 Å². The highest BCUT2D eigenvalue weighted by molar-refractivity contribution is 7.09. The summed E-state index contributed by atoms with van der Waals surface area (Å²) in [4.78, 5) is 15.1. The Morgan fingerprint density at radius 3 is 2.69 bits per heavy atom. The molecule has 1 aromatic rings. The molecule has 0 saturated carbocycles. The van der Waals surface area contributed by atoms with Crippen molar-refractivity contribution in [2.75, 3.05) is 0 Å². The molecule has 0 fully saturated rings. The summed E-state index contributed by atoms with van der Waals surface area (Å²) < 4.78 is 0. The van der Waals surface area contributed by atoms with Crippen molar-refractivity contribution in [2.45, 2.75) is 45.8 Å². The first kappa shape index (κ1) is 13.2. The molecular formula is C12H20N2OS. The van der Waals surface area contributed by atoms with E-state index in [2.05, 4.69) is 0 Å². The van der Waals surface area contributed by atoms with Gasteiger partial charge in [-0.15, -0.1) is 11.3 Å². The van der Waals surface area contributed by atoms with E-state index in [1.54, 1.807) is 11.3 Å². The molecule has 2 N–H and O–H groups in total. The minimum atomic E-state index is -0.373. The molecule has 0 unspecified atom stereocenters. The topological polar surface area (TPSA) is 46.3 Å². The molecule has 16 heavy (non-hydrogen) atoms. The number of hydrogen-bond donors (Lipinski definition) is 1. The van der Waals surface area contributed by atoms with E-state index in [1.165, 1.54) is 4.88 Å². The lowest BCUT2D eigenvalue weighted by molar-refractivity contribution is -0.135. The van der Waals surface area contributed by atoms with Gasteiger partial charge < -0.3 is 10.6 Å². The van der Waals surface area contributed by atoms with Crippen molar-refractivity contribution in [1.82, 2.24) is 4.90 Å². The zero-order valence-corrected chi connectivity index (χ0v) is 11.0. The molecule has 90 valence electrons. The predicted molar refractivity (Wildman–Crippen MR) is 68.3 cm³/mol. The first-order valence-electron chi connectivity index (χ1n) is 5.64. The second kappa shape index (κ2) is 6.01. The van der Waals surface area contributed by atoms with Crippen molar-refractivity contribution in [2.24, 2.45) is 5.73 Å². The van der Waals surface area contributed by atoms with Gasteiger partial charge in [0, 0.05) is 10.9 Å². The Morgan fingerprint density at radius 1 is 1.56 bits per heavy atom. The first-order chi connectivity index (χ1) is 7.56. The minimum absolute atomic E-state index is 0.0471. The second-order valence-corrected chi connectivity index (χ2v) is 5.19. The van der Waals surface area contributed by atoms with Gasteiger partial charge >= 0.3 is 0 Å². The Hall–Kier alpha value is -0.870. The van der Waals surface area contributed by atoms with Gasteiger partial charge in [-0.2, -0.15) is 0 Å². The highest BCUT2D eigenvalue weighted by Gasteiger charge is 2.22. The van der Waals surface area contributed by atoms with Gasteiger partial charge in [0.1, 0.15) is 0 Å². The number of rotatable bonds is 5. The average molecular weight is 240 g/mol. The number of carbonyl (C=O) groups excluding carboxylic acids is 1. The number of nitrogens with two attached hydrogens (primary N) is 1. The second-order valence-electron chi connectivity index (χ2n) is 4.15. The number of amides is 1. The van der Waals surface area contributed by atoms with Crippen LogP contribution in [0.4, 0.5) is 0 Å². The number of hydrogen-bond acceptors (Lipinski definition) is 3. The fraction of sp³-hybridized carbons (Fsp3) is 0.583. The Bertz CT molecular complexity index is 322. The third-order valence-electron chi connectivity index (χ3n) is 2.57. The summed E-state index contributed by atoms with van der Waals surface area (Å²) >= 11 is 1.67. The Balaban J connectivity index is 2.71. The minimum Gasteiger partial charge on any atom is -0.334 e. The predicted octanol–water partition coefficient (Wildman–Crippen LogP) is 2.22. The molecule has 0 aromatic carbocycles. The lowest BCUT2D eigenvalue weighted by Gasteiger charge is -2.28. The molecule has 0 radical (unpaired) electrons. The summed E-state index contributed by atoms with van der Waals surface area (Å²) in [5.74, 6) is 0.0471. The van der Waals surface area contributed by atoms with E-state index in [0.29, 0.717) is 13.0 Å². The van der Waals surface area contributed by atoms with E-state index in [-0.39, 0.29) is 18.0 Å². The van der Waals surface area contributed by atoms with E-state index in [9.17, 15) is 4.79 Å². The van der Waals surface area contributed by atoms with Crippen molar-refractivity contribution in [1.29, 1.82) is 0 Å². The van der Waals surface area contributed by atoms with Crippen LogP contribution in [-0.2, 0) is 11.3 Å². The number of thiophene rings is 1. The van der Waals surface area contributed by atoms with Gasteiger partial charge in [0.2, 0.25) is 5.91 Å². The monoisotopic (exact) mass is 240 g/mol. The molecular weight excluding hydrogens is 220 g/mol. The van der Waals surface area contributed by atoms with Crippen LogP contribution in [0.5, 0.6) is 0 Å². The van der Waals surface area contributed by atoms with Crippen LogP contribution in [0, 0.1) is 0 Å². The van der Waals surface area contributed by atoms with Crippen LogP contribution in [0.1, 0.15) is 32.1 Å². The van der Waals surface area contributed by atoms with Crippen molar-refractivity contribution in [3.8, 4) is 0 Å². The standard InChI is InChI=1S/C12H20N2OS/c1-4-11(13)12(15)14(9(2)3)8-10-6-5-7-16-10/h5-7,9,11H,4,8,13H2,1-3H3/t11-/m1/s1. The fourth-order valence-corrected chi connectivity index (χ4v) is 2.18. The number of nitrogens with zero attached hydrogens (tertiary/aromatic N) is 1. The zero-order chi connectivity index (χ0) is 12.1. The van der Waals surface area contributed by atoms with Gasteiger partial charge in [0.15, 0.2) is 0 Å². The first-order valence-corrected chi connectivity index (χ1v) is 6.52. The van der Waals surface area contributed by atoms with Gasteiger partial charge in [-0.1, -0.05) is 13.0 Å². The Kier molecular flexibility index (Phi) is 4.96. The normalized spacial score (nSPS) is 12.8. The molecule has 3 nitrogen and oxygen atoms in total. The summed E-state index contributed by atoms with van der Waals surface area (Å²) in [7, 11) is 0. The quantitative estimate of drug-likeness (QED) is 0.858. The van der Waals surface area contributed by atoms with Crippen LogP contribution in [0.15, 0.2) is 17.5 Å². The molecule has 0 bridgehead atoms. The highest BCUT2D eigenvalue weighted by Crippen LogP contribution is 2.15. The van der Waals surface area contributed by atoms with Crippen LogP contribution in [-0.4, -0.2) is 22.9 Å². The molecule has 0 aliphatic rings. The summed E-state index contributed by atoms with van der Waals surface area (Å²) in [6.45, 7) is 6.65. The van der Waals surface area contributed by atoms with Crippen molar-refractivity contribution in [3.05, 3.63) is 22.4 Å². The summed E-state index contributed by atoms with van der Waals surface area (Å²) in [5.41, 5.74) is 5.80. The Morgan fingerprint density at radius 2 is 2.25 bits per heavy atom. The van der Waals surface area contributed by atoms with E-state index < -0.39 is 0 Å². The lowest BCUT2D eigenvalue weighted by Crippen LogP contribution is -2.46. The van der Waals surface area contributed by atoms with Gasteiger partial charge in [0.25, 0.3) is 0 Å². The Labute approximate surface area is 101 Å². The smallest absolute Gasteiger partial charge is 0.240 e. The SMILES string of the molecule is CC[C@@H](N)C(=O)N(Cc1cccs1)C(C)C. The maximum absolute atomic E-state index is 12.0. The van der Waals surface area contributed by atoms with E-state index in [1.807, 2.05) is 43.2 Å². The molecule has 1 heterocycles. The lowest BCUT2D eigenvalue weighted by atomic mass is 10.2. The third-order valence-corrected chi connectivity index (χ3v) is 3.43. The van der Waals surface area contributed by atoms with Crippen LogP contribution >= 0.6 is 11.3 Å². The number of carbonyl (C=O) groups is 1. The van der Waals surface area contributed by atoms with Crippen molar-refractivity contribution < 1.29 is 4.79 Å². The summed E-state index contributed by atoms with van der Waals surface area (Å²) in [6, 6.07) is 3.86. The zero-order valence-electron chi connectivity index (χ0n) is 10.1. The van der Waals surface area contributed by atoms with Gasteiger partial charge in [0.05, 0.1) is 12.6 Å². The van der Waals surface area contributed by atoms with E-state index in [4.69, 9.17) is 5.73 Å². The summed E-state index contributed by atoms with van der Waals surface area (Å²) in [6.07, 6.45) is 0.687. The average Bonchev–Trinajstić information content (AvgIpc) is 2.76. The molecule has 0 aliphatic heterocycles. The van der Waals surface area contributed by atoms with Gasteiger partial charge in [-0.25, -0.2) is 0 Å². The molecule has 0 aliphatic carbocycles. The van der Waals surface area contributed by atoms with Crippen LogP contribution in [0.3, 0.4) is 0 Å².